The molecule has 1 aromatic heterocycles. The van der Waals surface area contributed by atoms with E-state index < -0.39 is 9.84 Å². The number of carbonyl (C=O) groups is 1. The van der Waals surface area contributed by atoms with Crippen LogP contribution in [0.25, 0.3) is 0 Å². The summed E-state index contributed by atoms with van der Waals surface area (Å²) in [5, 5.41) is 7.14. The third-order valence-electron chi connectivity index (χ3n) is 3.36. The molecule has 19 heavy (non-hydrogen) atoms. The van der Waals surface area contributed by atoms with Gasteiger partial charge in [-0.25, -0.2) is 8.42 Å². The molecule has 1 aromatic rings. The summed E-state index contributed by atoms with van der Waals surface area (Å²) in [6.45, 7) is 0.446. The van der Waals surface area contributed by atoms with Crippen molar-refractivity contribution in [1.29, 1.82) is 0 Å². The number of aromatic nitrogens is 2. The minimum Gasteiger partial charge on any atom is -0.312 e. The van der Waals surface area contributed by atoms with E-state index in [9.17, 15) is 13.2 Å². The first-order valence-corrected chi connectivity index (χ1v) is 8.21. The fraction of sp³-hybridized carbons (Fsp3) is 0.667. The molecule has 1 atom stereocenters. The average molecular weight is 285 g/mol. The second kappa shape index (κ2) is 5.83. The van der Waals surface area contributed by atoms with Crippen LogP contribution >= 0.6 is 0 Å². The highest BCUT2D eigenvalue weighted by molar-refractivity contribution is 7.91. The fourth-order valence-corrected chi connectivity index (χ4v) is 3.73. The molecule has 2 rings (SSSR count). The molecule has 1 saturated heterocycles. The maximum absolute atomic E-state index is 11.9. The first kappa shape index (κ1) is 14.2. The summed E-state index contributed by atoms with van der Waals surface area (Å²) in [4.78, 5) is 11.9. The van der Waals surface area contributed by atoms with E-state index in [1.165, 1.54) is 0 Å². The zero-order valence-corrected chi connectivity index (χ0v) is 11.8. The van der Waals surface area contributed by atoms with Crippen molar-refractivity contribution in [3.05, 3.63) is 18.0 Å². The molecular formula is C12H19N3O3S. The van der Waals surface area contributed by atoms with Crippen molar-refractivity contribution in [3.8, 4) is 0 Å². The highest BCUT2D eigenvalue weighted by atomic mass is 32.2. The first-order chi connectivity index (χ1) is 8.96. The average Bonchev–Trinajstić information content (AvgIpc) is 2.71. The third-order valence-corrected chi connectivity index (χ3v) is 5.09. The van der Waals surface area contributed by atoms with Gasteiger partial charge in [-0.3, -0.25) is 9.48 Å². The predicted molar refractivity (Wildman–Crippen MR) is 71.6 cm³/mol. The van der Waals surface area contributed by atoms with Gasteiger partial charge in [-0.15, -0.1) is 0 Å². The van der Waals surface area contributed by atoms with Crippen LogP contribution < -0.4 is 5.32 Å². The molecule has 0 saturated carbocycles. The largest absolute Gasteiger partial charge is 0.312 e. The Hall–Kier alpha value is -1.21. The maximum Gasteiger partial charge on any atom is 0.153 e. The number of aryl methyl sites for hydroxylation is 2. The topological polar surface area (TPSA) is 81.1 Å². The van der Waals surface area contributed by atoms with Crippen LogP contribution in [0.4, 0.5) is 0 Å². The zero-order chi connectivity index (χ0) is 13.9. The molecule has 0 amide bonds. The lowest BCUT2D eigenvalue weighted by atomic mass is 10.1. The van der Waals surface area contributed by atoms with E-state index in [1.54, 1.807) is 10.9 Å². The van der Waals surface area contributed by atoms with Crippen molar-refractivity contribution >= 4 is 15.6 Å². The molecule has 0 radical (unpaired) electrons. The third kappa shape index (κ3) is 4.14. The van der Waals surface area contributed by atoms with Gasteiger partial charge in [-0.1, -0.05) is 0 Å². The number of nitrogens with zero attached hydrogens (tertiary/aromatic N) is 2. The second-order valence-electron chi connectivity index (χ2n) is 4.95. The fourth-order valence-electron chi connectivity index (χ4n) is 2.29. The Kier molecular flexibility index (Phi) is 4.36. The standard InChI is InChI=1S/C12H19N3O3S/c1-15-11(4-5-14-15)2-3-12(16)8-10-9-19(17,18)7-6-13-10/h4-5,10,13H,2-3,6-9H2,1H3. The van der Waals surface area contributed by atoms with Crippen molar-refractivity contribution < 1.29 is 13.2 Å². The molecule has 0 spiro atoms. The van der Waals surface area contributed by atoms with E-state index in [2.05, 4.69) is 10.4 Å². The SMILES string of the molecule is Cn1nccc1CCC(=O)CC1CS(=O)(=O)CCN1. The van der Waals surface area contributed by atoms with Crippen LogP contribution in [0, 0.1) is 0 Å². The lowest BCUT2D eigenvalue weighted by molar-refractivity contribution is -0.119. The van der Waals surface area contributed by atoms with Crippen molar-refractivity contribution in [1.82, 2.24) is 15.1 Å². The Bertz CT molecular complexity index is 550. The Morgan fingerprint density at radius 1 is 1.58 bits per heavy atom. The van der Waals surface area contributed by atoms with E-state index >= 15 is 0 Å². The number of hydrogen-bond donors (Lipinski definition) is 1. The van der Waals surface area contributed by atoms with E-state index in [0.29, 0.717) is 19.4 Å². The quantitative estimate of drug-likeness (QED) is 0.803. The highest BCUT2D eigenvalue weighted by Crippen LogP contribution is 2.09. The number of nitrogens with one attached hydrogen (secondary N) is 1. The van der Waals surface area contributed by atoms with Gasteiger partial charge < -0.3 is 5.32 Å². The minimum atomic E-state index is -2.97. The van der Waals surface area contributed by atoms with Gasteiger partial charge in [-0.05, 0) is 12.5 Å². The lowest BCUT2D eigenvalue weighted by Gasteiger charge is -2.22. The van der Waals surface area contributed by atoms with Gasteiger partial charge in [0.15, 0.2) is 9.84 Å². The summed E-state index contributed by atoms with van der Waals surface area (Å²) in [5.74, 6) is 0.341. The smallest absolute Gasteiger partial charge is 0.153 e. The molecule has 106 valence electrons. The molecule has 7 heteroatoms. The van der Waals surface area contributed by atoms with E-state index in [4.69, 9.17) is 0 Å². The number of rotatable bonds is 5. The van der Waals surface area contributed by atoms with Crippen LogP contribution in [-0.2, 0) is 28.1 Å². The summed E-state index contributed by atoms with van der Waals surface area (Å²) in [6.07, 6.45) is 3.07. The van der Waals surface area contributed by atoms with Crippen LogP contribution in [0.5, 0.6) is 0 Å². The van der Waals surface area contributed by atoms with E-state index in [0.717, 1.165) is 5.69 Å². The lowest BCUT2D eigenvalue weighted by Crippen LogP contribution is -2.46. The molecule has 1 aliphatic heterocycles. The van der Waals surface area contributed by atoms with Gasteiger partial charge >= 0.3 is 0 Å². The number of ketones is 1. The Morgan fingerprint density at radius 2 is 2.37 bits per heavy atom. The van der Waals surface area contributed by atoms with Gasteiger partial charge in [-0.2, -0.15) is 5.10 Å². The number of sulfone groups is 1. The first-order valence-electron chi connectivity index (χ1n) is 6.39. The molecule has 0 bridgehead atoms. The van der Waals surface area contributed by atoms with Crippen LogP contribution in [-0.4, -0.2) is 48.1 Å². The molecule has 1 fully saturated rings. The minimum absolute atomic E-state index is 0.0739. The summed E-state index contributed by atoms with van der Waals surface area (Å²) in [7, 11) is -1.13. The molecular weight excluding hydrogens is 266 g/mol. The summed E-state index contributed by atoms with van der Waals surface area (Å²) < 4.78 is 24.7. The monoisotopic (exact) mass is 285 g/mol. The molecule has 0 aromatic carbocycles. The zero-order valence-electron chi connectivity index (χ0n) is 11.0. The molecule has 1 aliphatic rings. The number of Topliss-reactive ketones (excluding diaryl/α,β-unsaturated/α-hetero) is 1. The Labute approximate surface area is 113 Å². The second-order valence-corrected chi connectivity index (χ2v) is 7.18. The number of hydrogen-bond acceptors (Lipinski definition) is 5. The van der Waals surface area contributed by atoms with E-state index in [1.807, 2.05) is 13.1 Å². The van der Waals surface area contributed by atoms with Crippen molar-refractivity contribution in [2.24, 2.45) is 7.05 Å². The molecule has 6 nitrogen and oxygen atoms in total. The van der Waals surface area contributed by atoms with Crippen molar-refractivity contribution in [3.63, 3.8) is 0 Å². The van der Waals surface area contributed by atoms with Gasteiger partial charge in [0.05, 0.1) is 11.5 Å². The molecule has 0 aliphatic carbocycles. The summed E-state index contributed by atoms with van der Waals surface area (Å²) in [5.41, 5.74) is 1.01. The van der Waals surface area contributed by atoms with Gasteiger partial charge in [0.1, 0.15) is 5.78 Å². The van der Waals surface area contributed by atoms with Crippen LogP contribution in [0.15, 0.2) is 12.3 Å². The molecule has 2 heterocycles. The van der Waals surface area contributed by atoms with Crippen molar-refractivity contribution in [2.45, 2.75) is 25.3 Å². The van der Waals surface area contributed by atoms with Gasteiger partial charge in [0.2, 0.25) is 0 Å². The highest BCUT2D eigenvalue weighted by Gasteiger charge is 2.25. The normalized spacial score (nSPS) is 22.3. The van der Waals surface area contributed by atoms with E-state index in [-0.39, 0.29) is 29.8 Å². The van der Waals surface area contributed by atoms with Crippen molar-refractivity contribution in [2.75, 3.05) is 18.1 Å². The predicted octanol–water partition coefficient (Wildman–Crippen LogP) is -0.301. The Morgan fingerprint density at radius 3 is 3.00 bits per heavy atom. The van der Waals surface area contributed by atoms with Gasteiger partial charge in [0, 0.05) is 44.4 Å². The summed E-state index contributed by atoms with van der Waals surface area (Å²) in [6, 6.07) is 1.66. The van der Waals surface area contributed by atoms with Gasteiger partial charge in [0.25, 0.3) is 0 Å². The summed E-state index contributed by atoms with van der Waals surface area (Å²) >= 11 is 0. The van der Waals surface area contributed by atoms with Crippen LogP contribution in [0.1, 0.15) is 18.5 Å². The Balaban J connectivity index is 1.80. The molecule has 1 unspecified atom stereocenters. The van der Waals surface area contributed by atoms with Crippen LogP contribution in [0.3, 0.4) is 0 Å². The maximum atomic E-state index is 11.9. The molecule has 1 N–H and O–H groups in total. The van der Waals surface area contributed by atoms with Crippen LogP contribution in [0.2, 0.25) is 0 Å². The number of carbonyl (C=O) groups excluding carboxylic acids is 1.